The summed E-state index contributed by atoms with van der Waals surface area (Å²) in [6.07, 6.45) is 1.72. The van der Waals surface area contributed by atoms with Gasteiger partial charge in [-0.15, -0.1) is 0 Å². The van der Waals surface area contributed by atoms with Crippen molar-refractivity contribution in [3.8, 4) is 0 Å². The van der Waals surface area contributed by atoms with Crippen LogP contribution in [0.3, 0.4) is 0 Å². The lowest BCUT2D eigenvalue weighted by Crippen LogP contribution is -2.22. The van der Waals surface area contributed by atoms with Gasteiger partial charge in [0.25, 0.3) is 0 Å². The molecular formula is C12H23NO2. The van der Waals surface area contributed by atoms with Crippen LogP contribution in [0.15, 0.2) is 11.3 Å². The number of aliphatic hydroxyl groups is 1. The fraction of sp³-hybridized carbons (Fsp3) is 0.750. The Morgan fingerprint density at radius 3 is 2.27 bits per heavy atom. The number of Topliss-reactive ketones (excluding diaryl/α,β-unsaturated/α-hetero) is 1. The van der Waals surface area contributed by atoms with Crippen LogP contribution in [0.4, 0.5) is 0 Å². The van der Waals surface area contributed by atoms with E-state index in [0.717, 1.165) is 18.5 Å². The van der Waals surface area contributed by atoms with E-state index in [0.29, 0.717) is 6.54 Å². The second-order valence-electron chi connectivity index (χ2n) is 3.73. The molecule has 88 valence electrons. The third kappa shape index (κ3) is 4.47. The van der Waals surface area contributed by atoms with Crippen molar-refractivity contribution in [3.05, 3.63) is 11.3 Å². The van der Waals surface area contributed by atoms with Crippen molar-refractivity contribution >= 4 is 5.78 Å². The molecule has 0 aliphatic carbocycles. The highest BCUT2D eigenvalue weighted by Gasteiger charge is 2.17. The first kappa shape index (κ1) is 14.2. The highest BCUT2D eigenvalue weighted by atomic mass is 16.3. The number of rotatable bonds is 7. The number of carbonyl (C=O) groups is 1. The predicted molar refractivity (Wildman–Crippen MR) is 62.5 cm³/mol. The highest BCUT2D eigenvalue weighted by molar-refractivity contribution is 5.81. The summed E-state index contributed by atoms with van der Waals surface area (Å²) in [5.41, 5.74) is 2.20. The second-order valence-corrected chi connectivity index (χ2v) is 3.73. The summed E-state index contributed by atoms with van der Waals surface area (Å²) in [6, 6.07) is 0. The van der Waals surface area contributed by atoms with Crippen LogP contribution in [0.25, 0.3) is 0 Å². The standard InChI is InChI=1S/C12H23NO2/c1-5-11(9(3)13-7-8-14)12(6-2)10(4)15/h12-14H,5-8H2,1-4H3/b11-9+. The summed E-state index contributed by atoms with van der Waals surface area (Å²) >= 11 is 0. The fourth-order valence-corrected chi connectivity index (χ4v) is 1.91. The molecule has 0 saturated heterocycles. The average molecular weight is 213 g/mol. The highest BCUT2D eigenvalue weighted by Crippen LogP contribution is 2.21. The Morgan fingerprint density at radius 1 is 1.33 bits per heavy atom. The van der Waals surface area contributed by atoms with Crippen molar-refractivity contribution in [1.82, 2.24) is 5.32 Å². The molecule has 15 heavy (non-hydrogen) atoms. The topological polar surface area (TPSA) is 49.3 Å². The van der Waals surface area contributed by atoms with E-state index in [1.165, 1.54) is 5.57 Å². The minimum Gasteiger partial charge on any atom is -0.395 e. The third-order valence-corrected chi connectivity index (χ3v) is 2.68. The van der Waals surface area contributed by atoms with E-state index in [1.807, 2.05) is 13.8 Å². The summed E-state index contributed by atoms with van der Waals surface area (Å²) in [7, 11) is 0. The first-order valence-electron chi connectivity index (χ1n) is 5.63. The molecule has 0 aromatic rings. The molecule has 0 radical (unpaired) electrons. The molecule has 1 atom stereocenters. The maximum absolute atomic E-state index is 11.4. The monoisotopic (exact) mass is 213 g/mol. The molecule has 0 aliphatic heterocycles. The first-order chi connectivity index (χ1) is 7.08. The van der Waals surface area contributed by atoms with Gasteiger partial charge in [-0.05, 0) is 32.3 Å². The van der Waals surface area contributed by atoms with Crippen LogP contribution in [0, 0.1) is 5.92 Å². The van der Waals surface area contributed by atoms with Crippen LogP contribution in [-0.2, 0) is 4.79 Å². The van der Waals surface area contributed by atoms with Crippen LogP contribution < -0.4 is 5.32 Å². The second kappa shape index (κ2) is 7.46. The van der Waals surface area contributed by atoms with Gasteiger partial charge in [0, 0.05) is 18.2 Å². The van der Waals surface area contributed by atoms with Gasteiger partial charge in [-0.25, -0.2) is 0 Å². The van der Waals surface area contributed by atoms with Crippen molar-refractivity contribution in [2.24, 2.45) is 5.92 Å². The summed E-state index contributed by atoms with van der Waals surface area (Å²) in [4.78, 5) is 11.4. The molecule has 0 rings (SSSR count). The van der Waals surface area contributed by atoms with E-state index in [2.05, 4.69) is 12.2 Å². The normalized spacial score (nSPS) is 14.5. The van der Waals surface area contributed by atoms with Gasteiger partial charge in [-0.1, -0.05) is 13.8 Å². The molecule has 2 N–H and O–H groups in total. The molecule has 3 nitrogen and oxygen atoms in total. The summed E-state index contributed by atoms with van der Waals surface area (Å²) in [5, 5.41) is 11.9. The Labute approximate surface area is 92.6 Å². The Bertz CT molecular complexity index is 234. The van der Waals surface area contributed by atoms with Gasteiger partial charge in [0.1, 0.15) is 5.78 Å². The zero-order valence-corrected chi connectivity index (χ0v) is 10.3. The fourth-order valence-electron chi connectivity index (χ4n) is 1.91. The number of aliphatic hydroxyl groups excluding tert-OH is 1. The molecule has 0 aromatic carbocycles. The molecule has 0 spiro atoms. The molecule has 0 saturated carbocycles. The van der Waals surface area contributed by atoms with Crippen molar-refractivity contribution in [2.45, 2.75) is 40.5 Å². The first-order valence-corrected chi connectivity index (χ1v) is 5.63. The Hall–Kier alpha value is -0.830. The van der Waals surface area contributed by atoms with Crippen LogP contribution in [0.1, 0.15) is 40.5 Å². The van der Waals surface area contributed by atoms with Gasteiger partial charge in [0.15, 0.2) is 0 Å². The average Bonchev–Trinajstić information content (AvgIpc) is 2.21. The smallest absolute Gasteiger partial charge is 0.136 e. The molecule has 0 aromatic heterocycles. The maximum atomic E-state index is 11.4. The molecule has 1 unspecified atom stereocenters. The SMILES string of the molecule is CC/C(=C(/C)NCCO)C(CC)C(C)=O. The predicted octanol–water partition coefficient (Wildman–Crippen LogP) is 1.87. The van der Waals surface area contributed by atoms with E-state index in [1.54, 1.807) is 6.92 Å². The number of nitrogens with one attached hydrogen (secondary N) is 1. The quantitative estimate of drug-likeness (QED) is 0.678. The van der Waals surface area contributed by atoms with E-state index in [-0.39, 0.29) is 18.3 Å². The van der Waals surface area contributed by atoms with Crippen molar-refractivity contribution in [3.63, 3.8) is 0 Å². The van der Waals surface area contributed by atoms with E-state index >= 15 is 0 Å². The van der Waals surface area contributed by atoms with Crippen molar-refractivity contribution in [1.29, 1.82) is 0 Å². The molecule has 0 aliphatic rings. The van der Waals surface area contributed by atoms with Crippen molar-refractivity contribution < 1.29 is 9.90 Å². The van der Waals surface area contributed by atoms with Crippen LogP contribution in [0.2, 0.25) is 0 Å². The maximum Gasteiger partial charge on any atom is 0.136 e. The molecule has 0 fully saturated rings. The Morgan fingerprint density at radius 2 is 1.93 bits per heavy atom. The lowest BCUT2D eigenvalue weighted by molar-refractivity contribution is -0.119. The molecule has 0 amide bonds. The number of carbonyl (C=O) groups excluding carboxylic acids is 1. The molecule has 3 heteroatoms. The lowest BCUT2D eigenvalue weighted by Gasteiger charge is -2.19. The van der Waals surface area contributed by atoms with Gasteiger partial charge >= 0.3 is 0 Å². The molecule has 0 heterocycles. The summed E-state index contributed by atoms with van der Waals surface area (Å²) < 4.78 is 0. The number of ketones is 1. The zero-order valence-electron chi connectivity index (χ0n) is 10.3. The summed E-state index contributed by atoms with van der Waals surface area (Å²) in [6.45, 7) is 8.37. The Balaban J connectivity index is 4.75. The van der Waals surface area contributed by atoms with Gasteiger partial charge in [-0.3, -0.25) is 4.79 Å². The lowest BCUT2D eigenvalue weighted by atomic mass is 9.89. The molecule has 0 bridgehead atoms. The minimum atomic E-state index is 0.0289. The van der Waals surface area contributed by atoms with Crippen LogP contribution >= 0.6 is 0 Å². The van der Waals surface area contributed by atoms with Gasteiger partial charge in [-0.2, -0.15) is 0 Å². The third-order valence-electron chi connectivity index (χ3n) is 2.68. The minimum absolute atomic E-state index is 0.0289. The van der Waals surface area contributed by atoms with E-state index in [9.17, 15) is 4.79 Å². The van der Waals surface area contributed by atoms with Crippen LogP contribution in [0.5, 0.6) is 0 Å². The summed E-state index contributed by atoms with van der Waals surface area (Å²) in [5.74, 6) is 0.251. The Kier molecular flexibility index (Phi) is 7.05. The van der Waals surface area contributed by atoms with Gasteiger partial charge in [0.2, 0.25) is 0 Å². The number of hydrogen-bond acceptors (Lipinski definition) is 3. The largest absolute Gasteiger partial charge is 0.395 e. The molecular weight excluding hydrogens is 190 g/mol. The van der Waals surface area contributed by atoms with E-state index in [4.69, 9.17) is 5.11 Å². The van der Waals surface area contributed by atoms with Crippen LogP contribution in [-0.4, -0.2) is 24.0 Å². The van der Waals surface area contributed by atoms with E-state index < -0.39 is 0 Å². The number of allylic oxidation sites excluding steroid dienone is 2. The van der Waals surface area contributed by atoms with Crippen molar-refractivity contribution in [2.75, 3.05) is 13.2 Å². The number of hydrogen-bond donors (Lipinski definition) is 2. The van der Waals surface area contributed by atoms with Gasteiger partial charge < -0.3 is 10.4 Å². The zero-order chi connectivity index (χ0) is 11.8. The van der Waals surface area contributed by atoms with Gasteiger partial charge in [0.05, 0.1) is 6.61 Å².